The summed E-state index contributed by atoms with van der Waals surface area (Å²) in [6.45, 7) is 0. The second-order valence-corrected chi connectivity index (χ2v) is 7.36. The Hall–Kier alpha value is -1.66. The maximum atomic E-state index is 11.8. The van der Waals surface area contributed by atoms with Gasteiger partial charge in [0.25, 0.3) is 0 Å². The lowest BCUT2D eigenvalue weighted by Gasteiger charge is -2.23. The first-order chi connectivity index (χ1) is 10.8. The van der Waals surface area contributed by atoms with E-state index in [1.54, 1.807) is 11.8 Å². The van der Waals surface area contributed by atoms with E-state index in [0.717, 1.165) is 29.4 Å². The molecule has 114 valence electrons. The van der Waals surface area contributed by atoms with Gasteiger partial charge in [0.15, 0.2) is 4.34 Å². The molecule has 3 rings (SSSR count). The highest BCUT2D eigenvalue weighted by atomic mass is 32.2. The number of hydrogen-bond acceptors (Lipinski definition) is 5. The largest absolute Gasteiger partial charge is 0.300 e. The third kappa shape index (κ3) is 4.18. The van der Waals surface area contributed by atoms with E-state index in [2.05, 4.69) is 39.8 Å². The van der Waals surface area contributed by atoms with Crippen LogP contribution in [0.1, 0.15) is 24.8 Å². The van der Waals surface area contributed by atoms with Crippen LogP contribution in [0.3, 0.4) is 0 Å². The smallest absolute Gasteiger partial charge is 0.229 e. The number of benzene rings is 1. The van der Waals surface area contributed by atoms with Gasteiger partial charge in [0, 0.05) is 11.7 Å². The van der Waals surface area contributed by atoms with Crippen molar-refractivity contribution >= 4 is 40.2 Å². The van der Waals surface area contributed by atoms with Gasteiger partial charge in [0.05, 0.1) is 0 Å². The van der Waals surface area contributed by atoms with Gasteiger partial charge in [-0.1, -0.05) is 72.0 Å². The number of nitrogens with zero attached hydrogens (tertiary/aromatic N) is 2. The van der Waals surface area contributed by atoms with Crippen molar-refractivity contribution in [2.75, 3.05) is 11.1 Å². The van der Waals surface area contributed by atoms with Gasteiger partial charge < -0.3 is 5.32 Å². The number of anilines is 1. The van der Waals surface area contributed by atoms with E-state index in [1.165, 1.54) is 16.9 Å². The van der Waals surface area contributed by atoms with E-state index in [1.807, 2.05) is 18.2 Å². The van der Waals surface area contributed by atoms with E-state index in [9.17, 15) is 4.79 Å². The summed E-state index contributed by atoms with van der Waals surface area (Å²) in [6, 6.07) is 10.2. The molecule has 0 radical (unpaired) electrons. The first kappa shape index (κ1) is 15.2. The zero-order valence-corrected chi connectivity index (χ0v) is 13.7. The molecule has 1 amide bonds. The maximum Gasteiger partial charge on any atom is 0.229 e. The lowest BCUT2D eigenvalue weighted by atomic mass is 9.85. The van der Waals surface area contributed by atoms with Gasteiger partial charge in [-0.05, 0) is 18.4 Å². The first-order valence-corrected chi connectivity index (χ1v) is 9.10. The number of thioether (sulfide) groups is 1. The molecule has 1 heterocycles. The number of carbonyl (C=O) groups excluding carboxylic acids is 1. The second kappa shape index (κ2) is 7.56. The quantitative estimate of drug-likeness (QED) is 0.640. The number of aromatic nitrogens is 2. The summed E-state index contributed by atoms with van der Waals surface area (Å²) in [5.41, 5.74) is 1.19. The average Bonchev–Trinajstić information content (AvgIpc) is 2.90. The van der Waals surface area contributed by atoms with Gasteiger partial charge in [-0.3, -0.25) is 4.79 Å². The number of nitrogens with one attached hydrogen (secondary N) is 1. The Balaban J connectivity index is 1.45. The molecule has 4 nitrogen and oxygen atoms in total. The fraction of sp³-hybridized carbons (Fsp3) is 0.312. The van der Waals surface area contributed by atoms with E-state index in [-0.39, 0.29) is 11.8 Å². The minimum Gasteiger partial charge on any atom is -0.300 e. The first-order valence-electron chi connectivity index (χ1n) is 7.30. The molecule has 0 atom stereocenters. The van der Waals surface area contributed by atoms with E-state index < -0.39 is 0 Å². The molecule has 1 aliphatic carbocycles. The van der Waals surface area contributed by atoms with Crippen LogP contribution in [-0.4, -0.2) is 21.9 Å². The molecule has 22 heavy (non-hydrogen) atoms. The van der Waals surface area contributed by atoms with Crippen molar-refractivity contribution in [1.82, 2.24) is 10.2 Å². The molecule has 0 aliphatic heterocycles. The number of hydrogen-bond donors (Lipinski definition) is 1. The Morgan fingerprint density at radius 3 is 2.86 bits per heavy atom. The van der Waals surface area contributed by atoms with E-state index in [0.29, 0.717) is 5.13 Å². The Bertz CT molecular complexity index is 650. The van der Waals surface area contributed by atoms with E-state index in [4.69, 9.17) is 0 Å². The van der Waals surface area contributed by atoms with Crippen LogP contribution in [0.4, 0.5) is 5.13 Å². The predicted octanol–water partition coefficient (Wildman–Crippen LogP) is 4.08. The molecule has 1 N–H and O–H groups in total. The normalized spacial score (nSPS) is 14.9. The van der Waals surface area contributed by atoms with Crippen molar-refractivity contribution in [2.24, 2.45) is 5.92 Å². The van der Waals surface area contributed by atoms with Crippen molar-refractivity contribution < 1.29 is 4.79 Å². The zero-order valence-electron chi connectivity index (χ0n) is 12.1. The lowest BCUT2D eigenvalue weighted by molar-refractivity contribution is -0.122. The monoisotopic (exact) mass is 331 g/mol. The molecule has 1 aliphatic rings. The molecule has 0 spiro atoms. The fourth-order valence-corrected chi connectivity index (χ4v) is 3.65. The molecule has 1 fully saturated rings. The van der Waals surface area contributed by atoms with Gasteiger partial charge in [0.2, 0.25) is 11.0 Å². The minimum absolute atomic E-state index is 0.0860. The van der Waals surface area contributed by atoms with Crippen LogP contribution in [0, 0.1) is 5.92 Å². The van der Waals surface area contributed by atoms with Gasteiger partial charge in [-0.2, -0.15) is 0 Å². The molecule has 1 aromatic heterocycles. The van der Waals surface area contributed by atoms with E-state index >= 15 is 0 Å². The Morgan fingerprint density at radius 2 is 2.14 bits per heavy atom. The standard InChI is InChI=1S/C16H17N3OS2/c20-14(13-9-4-10-13)17-15-18-19-16(22-15)21-11-5-8-12-6-2-1-3-7-12/h1-3,5-8,13H,4,9-11H2,(H,17,18,20)/b8-5+. The summed E-state index contributed by atoms with van der Waals surface area (Å²) >= 11 is 3.06. The lowest BCUT2D eigenvalue weighted by Crippen LogP contribution is -2.27. The Labute approximate surface area is 138 Å². The van der Waals surface area contributed by atoms with Crippen molar-refractivity contribution in [3.05, 3.63) is 42.0 Å². The molecule has 0 saturated heterocycles. The van der Waals surface area contributed by atoms with Crippen LogP contribution in [0.25, 0.3) is 6.08 Å². The Morgan fingerprint density at radius 1 is 1.32 bits per heavy atom. The summed E-state index contributed by atoms with van der Waals surface area (Å²) in [4.78, 5) is 11.8. The highest BCUT2D eigenvalue weighted by molar-refractivity contribution is 8.01. The highest BCUT2D eigenvalue weighted by Crippen LogP contribution is 2.30. The van der Waals surface area contributed by atoms with Crippen LogP contribution >= 0.6 is 23.1 Å². The van der Waals surface area contributed by atoms with Gasteiger partial charge in [-0.25, -0.2) is 0 Å². The van der Waals surface area contributed by atoms with Gasteiger partial charge in [0.1, 0.15) is 0 Å². The summed E-state index contributed by atoms with van der Waals surface area (Å²) in [6.07, 6.45) is 7.34. The van der Waals surface area contributed by atoms with Crippen molar-refractivity contribution in [3.63, 3.8) is 0 Å². The third-order valence-electron chi connectivity index (χ3n) is 3.53. The number of carbonyl (C=O) groups is 1. The highest BCUT2D eigenvalue weighted by Gasteiger charge is 2.25. The Kier molecular flexibility index (Phi) is 5.24. The molecule has 6 heteroatoms. The minimum atomic E-state index is 0.0860. The number of rotatable bonds is 6. The van der Waals surface area contributed by atoms with Crippen LogP contribution in [0.5, 0.6) is 0 Å². The van der Waals surface area contributed by atoms with Gasteiger partial charge >= 0.3 is 0 Å². The third-order valence-corrected chi connectivity index (χ3v) is 5.45. The SMILES string of the molecule is O=C(Nc1nnc(SC/C=C/c2ccccc2)s1)C1CCC1. The maximum absolute atomic E-state index is 11.8. The fourth-order valence-electron chi connectivity index (χ4n) is 2.06. The molecule has 0 bridgehead atoms. The molecule has 0 unspecified atom stereocenters. The average molecular weight is 331 g/mol. The molecule has 2 aromatic rings. The van der Waals surface area contributed by atoms with Crippen molar-refractivity contribution in [1.29, 1.82) is 0 Å². The topological polar surface area (TPSA) is 54.9 Å². The number of amides is 1. The predicted molar refractivity (Wildman–Crippen MR) is 92.1 cm³/mol. The second-order valence-electron chi connectivity index (χ2n) is 5.11. The molecule has 1 aromatic carbocycles. The molecule has 1 saturated carbocycles. The zero-order chi connectivity index (χ0) is 15.2. The van der Waals surface area contributed by atoms with Gasteiger partial charge in [-0.15, -0.1) is 10.2 Å². The summed E-state index contributed by atoms with van der Waals surface area (Å²) in [7, 11) is 0. The van der Waals surface area contributed by atoms with Crippen LogP contribution in [0.15, 0.2) is 40.7 Å². The molecular weight excluding hydrogens is 314 g/mol. The van der Waals surface area contributed by atoms with Crippen LogP contribution < -0.4 is 5.32 Å². The van der Waals surface area contributed by atoms with Crippen LogP contribution in [-0.2, 0) is 4.79 Å². The molecular formula is C16H17N3OS2. The summed E-state index contributed by atoms with van der Waals surface area (Å²) in [5.74, 6) is 1.09. The van der Waals surface area contributed by atoms with Crippen LogP contribution in [0.2, 0.25) is 0 Å². The van der Waals surface area contributed by atoms with Crippen molar-refractivity contribution in [2.45, 2.75) is 23.6 Å². The van der Waals surface area contributed by atoms with Crippen molar-refractivity contribution in [3.8, 4) is 0 Å². The summed E-state index contributed by atoms with van der Waals surface area (Å²) < 4.78 is 0.877. The summed E-state index contributed by atoms with van der Waals surface area (Å²) in [5, 5.41) is 11.6.